The van der Waals surface area contributed by atoms with Gasteiger partial charge in [-0.1, -0.05) is 12.1 Å². The summed E-state index contributed by atoms with van der Waals surface area (Å²) in [7, 11) is 0. The highest BCUT2D eigenvalue weighted by Crippen LogP contribution is 2.19. The number of carbonyl (C=O) groups excluding carboxylic acids is 3. The summed E-state index contributed by atoms with van der Waals surface area (Å²) in [5.74, 6) is -2.81. The summed E-state index contributed by atoms with van der Waals surface area (Å²) >= 11 is 0. The zero-order valence-electron chi connectivity index (χ0n) is 19.4. The fourth-order valence-corrected chi connectivity index (χ4v) is 3.77. The number of carbonyl (C=O) groups is 4. The van der Waals surface area contributed by atoms with Crippen LogP contribution in [0.3, 0.4) is 0 Å². The summed E-state index contributed by atoms with van der Waals surface area (Å²) in [4.78, 5) is 54.4. The second-order valence-corrected chi connectivity index (χ2v) is 8.29. The molecule has 1 saturated heterocycles. The van der Waals surface area contributed by atoms with Crippen molar-refractivity contribution in [3.8, 4) is 5.75 Å². The Labute approximate surface area is 202 Å². The van der Waals surface area contributed by atoms with E-state index in [-0.39, 0.29) is 37.6 Å². The van der Waals surface area contributed by atoms with Crippen molar-refractivity contribution in [2.45, 2.75) is 50.2 Å². The third-order valence-corrected chi connectivity index (χ3v) is 5.55. The predicted molar refractivity (Wildman–Crippen MR) is 127 cm³/mol. The highest BCUT2D eigenvalue weighted by molar-refractivity contribution is 5.92. The molecule has 3 amide bonds. The van der Waals surface area contributed by atoms with Crippen molar-refractivity contribution in [3.05, 3.63) is 29.8 Å². The standard InChI is InChI=1S/C22H33N7O6/c23-15(11-13-5-7-14(30)8-6-13)19(32)27-12-18(31)28-16(3-1-9-26-22(24)25)20(33)29-10-2-4-17(29)21(34)35/h5-8,15-17,30H,1-4,9-12,23H2,(H,27,32)(H,28,31)(H,34,35)(H4,24,25,26). The van der Waals surface area contributed by atoms with E-state index in [1.54, 1.807) is 12.1 Å². The number of phenols is 1. The highest BCUT2D eigenvalue weighted by atomic mass is 16.4. The second kappa shape index (κ2) is 13.1. The van der Waals surface area contributed by atoms with Gasteiger partial charge in [0.2, 0.25) is 17.7 Å². The Balaban J connectivity index is 1.94. The number of aliphatic imine (C=N–C) groups is 1. The molecule has 0 saturated carbocycles. The molecular weight excluding hydrogens is 458 g/mol. The monoisotopic (exact) mass is 491 g/mol. The van der Waals surface area contributed by atoms with Crippen LogP contribution in [0.1, 0.15) is 31.2 Å². The number of nitrogens with two attached hydrogens (primary N) is 3. The van der Waals surface area contributed by atoms with Crippen LogP contribution in [0, 0.1) is 0 Å². The Morgan fingerprint density at radius 1 is 1.17 bits per heavy atom. The van der Waals surface area contributed by atoms with Gasteiger partial charge in [0.1, 0.15) is 17.8 Å². The molecule has 1 aromatic carbocycles. The van der Waals surface area contributed by atoms with Crippen molar-refractivity contribution < 1.29 is 29.4 Å². The van der Waals surface area contributed by atoms with Crippen molar-refractivity contribution in [3.63, 3.8) is 0 Å². The molecule has 2 rings (SSSR count). The van der Waals surface area contributed by atoms with E-state index in [1.807, 2.05) is 0 Å². The Kier molecular flexibility index (Phi) is 10.3. The van der Waals surface area contributed by atoms with Crippen molar-refractivity contribution in [1.29, 1.82) is 0 Å². The first-order valence-electron chi connectivity index (χ1n) is 11.3. The van der Waals surface area contributed by atoms with Gasteiger partial charge >= 0.3 is 5.97 Å². The largest absolute Gasteiger partial charge is 0.508 e. The van der Waals surface area contributed by atoms with Gasteiger partial charge in [-0.25, -0.2) is 4.79 Å². The summed E-state index contributed by atoms with van der Waals surface area (Å²) in [6.45, 7) is 0.0915. The molecule has 0 aliphatic carbocycles. The van der Waals surface area contributed by atoms with Crippen LogP contribution in [-0.4, -0.2) is 82.5 Å². The number of amides is 3. The number of rotatable bonds is 12. The molecule has 0 bridgehead atoms. The number of carboxylic acid groups (broad SMARTS) is 1. The molecule has 13 heteroatoms. The first kappa shape index (κ1) is 27.4. The molecule has 3 unspecified atom stereocenters. The molecule has 0 aromatic heterocycles. The van der Waals surface area contributed by atoms with Crippen molar-refractivity contribution in [1.82, 2.24) is 15.5 Å². The number of aliphatic carboxylic acids is 1. The minimum absolute atomic E-state index is 0.0921. The highest BCUT2D eigenvalue weighted by Gasteiger charge is 2.37. The van der Waals surface area contributed by atoms with E-state index in [0.717, 1.165) is 5.56 Å². The fraction of sp³-hybridized carbons (Fsp3) is 0.500. The van der Waals surface area contributed by atoms with Gasteiger partial charge in [-0.05, 0) is 49.8 Å². The maximum Gasteiger partial charge on any atom is 0.326 e. The van der Waals surface area contributed by atoms with E-state index >= 15 is 0 Å². The number of likely N-dealkylation sites (tertiary alicyclic amines) is 1. The molecular formula is C22H33N7O6. The molecule has 1 aromatic rings. The molecule has 192 valence electrons. The number of hydrogen-bond acceptors (Lipinski definition) is 7. The predicted octanol–water partition coefficient (Wildman–Crippen LogP) is -2.01. The van der Waals surface area contributed by atoms with E-state index in [9.17, 15) is 29.4 Å². The van der Waals surface area contributed by atoms with Crippen LogP contribution >= 0.6 is 0 Å². The molecule has 3 atom stereocenters. The van der Waals surface area contributed by atoms with E-state index < -0.39 is 48.4 Å². The van der Waals surface area contributed by atoms with E-state index in [2.05, 4.69) is 15.6 Å². The molecule has 0 spiro atoms. The lowest BCUT2D eigenvalue weighted by atomic mass is 10.1. The molecule has 1 fully saturated rings. The van der Waals surface area contributed by atoms with Crippen LogP contribution in [0.15, 0.2) is 29.3 Å². The van der Waals surface area contributed by atoms with Crippen LogP contribution in [0.25, 0.3) is 0 Å². The minimum atomic E-state index is -1.10. The van der Waals surface area contributed by atoms with E-state index in [1.165, 1.54) is 17.0 Å². The zero-order chi connectivity index (χ0) is 26.0. The number of nitrogens with one attached hydrogen (secondary N) is 2. The lowest BCUT2D eigenvalue weighted by molar-refractivity contribution is -0.149. The molecule has 1 aliphatic heterocycles. The van der Waals surface area contributed by atoms with Crippen LogP contribution < -0.4 is 27.8 Å². The lowest BCUT2D eigenvalue weighted by Gasteiger charge is -2.27. The lowest BCUT2D eigenvalue weighted by Crippen LogP contribution is -2.54. The average Bonchev–Trinajstić information content (AvgIpc) is 3.30. The summed E-state index contributed by atoms with van der Waals surface area (Å²) in [6.07, 6.45) is 1.63. The number of guanidine groups is 1. The number of aromatic hydroxyl groups is 1. The van der Waals surface area contributed by atoms with Crippen LogP contribution in [0.2, 0.25) is 0 Å². The Morgan fingerprint density at radius 3 is 2.49 bits per heavy atom. The first-order chi connectivity index (χ1) is 16.6. The summed E-state index contributed by atoms with van der Waals surface area (Å²) in [6, 6.07) is 3.36. The van der Waals surface area contributed by atoms with Gasteiger partial charge in [0.25, 0.3) is 0 Å². The van der Waals surface area contributed by atoms with Crippen molar-refractivity contribution >= 4 is 29.7 Å². The Morgan fingerprint density at radius 2 is 1.86 bits per heavy atom. The number of nitrogens with zero attached hydrogens (tertiary/aromatic N) is 2. The van der Waals surface area contributed by atoms with Crippen LogP contribution in [0.5, 0.6) is 5.75 Å². The summed E-state index contributed by atoms with van der Waals surface area (Å²) in [5.41, 5.74) is 17.2. The Bertz CT molecular complexity index is 933. The van der Waals surface area contributed by atoms with E-state index in [4.69, 9.17) is 17.2 Å². The van der Waals surface area contributed by atoms with Gasteiger partial charge in [-0.2, -0.15) is 0 Å². The number of phenolic OH excluding ortho intramolecular Hbond substituents is 1. The number of benzene rings is 1. The van der Waals surface area contributed by atoms with Gasteiger partial charge in [0.15, 0.2) is 5.96 Å². The quantitative estimate of drug-likeness (QED) is 0.0972. The van der Waals surface area contributed by atoms with Gasteiger partial charge in [-0.3, -0.25) is 19.4 Å². The average molecular weight is 492 g/mol. The van der Waals surface area contributed by atoms with Gasteiger partial charge in [-0.15, -0.1) is 0 Å². The second-order valence-electron chi connectivity index (χ2n) is 8.29. The first-order valence-corrected chi connectivity index (χ1v) is 11.3. The van der Waals surface area contributed by atoms with Crippen LogP contribution in [0.4, 0.5) is 0 Å². The van der Waals surface area contributed by atoms with Gasteiger partial charge in [0, 0.05) is 13.1 Å². The van der Waals surface area contributed by atoms with Gasteiger partial charge in [0.05, 0.1) is 12.6 Å². The topological polar surface area (TPSA) is 226 Å². The normalized spacial score (nSPS) is 16.7. The minimum Gasteiger partial charge on any atom is -0.508 e. The smallest absolute Gasteiger partial charge is 0.326 e. The van der Waals surface area contributed by atoms with Crippen molar-refractivity contribution in [2.75, 3.05) is 19.6 Å². The summed E-state index contributed by atoms with van der Waals surface area (Å²) < 4.78 is 0. The Hall–Kier alpha value is -3.87. The third kappa shape index (κ3) is 8.77. The molecule has 1 aliphatic rings. The maximum atomic E-state index is 13.0. The zero-order valence-corrected chi connectivity index (χ0v) is 19.4. The maximum absolute atomic E-state index is 13.0. The SMILES string of the molecule is NC(N)=NCCCC(NC(=O)CNC(=O)C(N)Cc1ccc(O)cc1)C(=O)N1CCCC1C(=O)O. The fourth-order valence-electron chi connectivity index (χ4n) is 3.77. The van der Waals surface area contributed by atoms with Crippen molar-refractivity contribution in [2.24, 2.45) is 22.2 Å². The van der Waals surface area contributed by atoms with E-state index in [0.29, 0.717) is 19.3 Å². The molecule has 10 N–H and O–H groups in total. The van der Waals surface area contributed by atoms with Crippen LogP contribution in [-0.2, 0) is 25.6 Å². The number of carboxylic acids is 1. The number of hydrogen-bond donors (Lipinski definition) is 7. The third-order valence-electron chi connectivity index (χ3n) is 5.55. The molecule has 0 radical (unpaired) electrons. The molecule has 13 nitrogen and oxygen atoms in total. The van der Waals surface area contributed by atoms with Gasteiger partial charge < -0.3 is 42.9 Å². The molecule has 35 heavy (non-hydrogen) atoms. The summed E-state index contributed by atoms with van der Waals surface area (Å²) in [5, 5.41) is 23.7. The molecule has 1 heterocycles.